The third-order valence-corrected chi connectivity index (χ3v) is 4.42. The quantitative estimate of drug-likeness (QED) is 0.623. The van der Waals surface area contributed by atoms with E-state index in [0.717, 1.165) is 37.3 Å². The summed E-state index contributed by atoms with van der Waals surface area (Å²) in [5.74, 6) is 3.05. The van der Waals surface area contributed by atoms with E-state index in [4.69, 9.17) is 0 Å². The Morgan fingerprint density at radius 1 is 1.19 bits per heavy atom. The minimum absolute atomic E-state index is 0.116. The van der Waals surface area contributed by atoms with Gasteiger partial charge < -0.3 is 15.7 Å². The predicted molar refractivity (Wildman–Crippen MR) is 64.2 cm³/mol. The molecule has 3 nitrogen and oxygen atoms in total. The van der Waals surface area contributed by atoms with Gasteiger partial charge in [-0.15, -0.1) is 0 Å². The van der Waals surface area contributed by atoms with Crippen molar-refractivity contribution in [3.8, 4) is 0 Å². The van der Waals surface area contributed by atoms with E-state index in [-0.39, 0.29) is 6.10 Å². The standard InChI is InChI=1S/C13H24N2O/c16-12-5-11(15-7-12)6-14-8-13(9-1-2-9)10-3-4-10/h9-16H,1-8H2. The molecule has 0 aromatic rings. The maximum absolute atomic E-state index is 9.41. The first-order chi connectivity index (χ1) is 7.83. The van der Waals surface area contributed by atoms with Crippen LogP contribution < -0.4 is 10.6 Å². The molecule has 0 aromatic heterocycles. The highest BCUT2D eigenvalue weighted by molar-refractivity contribution is 4.93. The molecule has 2 unspecified atom stereocenters. The molecule has 3 N–H and O–H groups in total. The first-order valence-electron chi connectivity index (χ1n) is 6.95. The van der Waals surface area contributed by atoms with Crippen molar-refractivity contribution < 1.29 is 5.11 Å². The Labute approximate surface area is 98.0 Å². The molecular formula is C13H24N2O. The lowest BCUT2D eigenvalue weighted by atomic mass is 9.98. The summed E-state index contributed by atoms with van der Waals surface area (Å²) < 4.78 is 0. The van der Waals surface area contributed by atoms with Crippen molar-refractivity contribution in [2.24, 2.45) is 17.8 Å². The van der Waals surface area contributed by atoms with Crippen LogP contribution in [0.5, 0.6) is 0 Å². The minimum Gasteiger partial charge on any atom is -0.392 e. The van der Waals surface area contributed by atoms with Gasteiger partial charge in [0.2, 0.25) is 0 Å². The van der Waals surface area contributed by atoms with Crippen LogP contribution in [-0.4, -0.2) is 36.9 Å². The van der Waals surface area contributed by atoms with Gasteiger partial charge in [-0.1, -0.05) is 0 Å². The van der Waals surface area contributed by atoms with Gasteiger partial charge in [0, 0.05) is 19.1 Å². The Hall–Kier alpha value is -0.120. The van der Waals surface area contributed by atoms with Crippen LogP contribution >= 0.6 is 0 Å². The zero-order chi connectivity index (χ0) is 11.0. The zero-order valence-corrected chi connectivity index (χ0v) is 9.99. The van der Waals surface area contributed by atoms with Gasteiger partial charge in [0.25, 0.3) is 0 Å². The van der Waals surface area contributed by atoms with Crippen molar-refractivity contribution in [1.82, 2.24) is 10.6 Å². The third kappa shape index (κ3) is 2.76. The van der Waals surface area contributed by atoms with Gasteiger partial charge in [-0.05, 0) is 56.4 Å². The van der Waals surface area contributed by atoms with Crippen LogP contribution in [0.15, 0.2) is 0 Å². The molecule has 1 aliphatic heterocycles. The fourth-order valence-corrected chi connectivity index (χ4v) is 3.14. The number of hydrogen-bond acceptors (Lipinski definition) is 3. The summed E-state index contributed by atoms with van der Waals surface area (Å²) in [5, 5.41) is 16.4. The predicted octanol–water partition coefficient (Wildman–Crippen LogP) is 0.735. The van der Waals surface area contributed by atoms with Crippen LogP contribution in [0.1, 0.15) is 32.1 Å². The van der Waals surface area contributed by atoms with E-state index < -0.39 is 0 Å². The second-order valence-electron chi connectivity index (χ2n) is 5.99. The largest absolute Gasteiger partial charge is 0.392 e. The highest BCUT2D eigenvalue weighted by atomic mass is 16.3. The SMILES string of the molecule is OC1CNC(CNCC(C2CC2)C2CC2)C1. The maximum atomic E-state index is 9.41. The van der Waals surface area contributed by atoms with Crippen molar-refractivity contribution >= 4 is 0 Å². The number of aliphatic hydroxyl groups is 1. The lowest BCUT2D eigenvalue weighted by Crippen LogP contribution is -2.37. The molecule has 0 amide bonds. The van der Waals surface area contributed by atoms with Gasteiger partial charge in [0.05, 0.1) is 6.10 Å². The second-order valence-corrected chi connectivity index (χ2v) is 5.99. The van der Waals surface area contributed by atoms with E-state index in [1.807, 2.05) is 0 Å². The van der Waals surface area contributed by atoms with E-state index in [1.165, 1.54) is 32.2 Å². The summed E-state index contributed by atoms with van der Waals surface area (Å²) in [6, 6.07) is 0.494. The van der Waals surface area contributed by atoms with E-state index in [0.29, 0.717) is 6.04 Å². The molecule has 2 saturated carbocycles. The fourth-order valence-electron chi connectivity index (χ4n) is 3.14. The van der Waals surface area contributed by atoms with Crippen molar-refractivity contribution in [3.63, 3.8) is 0 Å². The lowest BCUT2D eigenvalue weighted by molar-refractivity contribution is 0.193. The summed E-state index contributed by atoms with van der Waals surface area (Å²) in [7, 11) is 0. The number of nitrogens with one attached hydrogen (secondary N) is 2. The molecule has 3 heteroatoms. The Morgan fingerprint density at radius 3 is 2.38 bits per heavy atom. The molecule has 16 heavy (non-hydrogen) atoms. The van der Waals surface area contributed by atoms with Gasteiger partial charge in [0.1, 0.15) is 0 Å². The Bertz CT molecular complexity index is 226. The average Bonchev–Trinajstić information content (AvgIpc) is 3.15. The van der Waals surface area contributed by atoms with Crippen molar-refractivity contribution in [2.45, 2.75) is 44.2 Å². The van der Waals surface area contributed by atoms with Crippen LogP contribution in [0, 0.1) is 17.8 Å². The number of rotatable bonds is 6. The molecule has 3 fully saturated rings. The molecule has 2 aliphatic carbocycles. The molecule has 0 aromatic carbocycles. The van der Waals surface area contributed by atoms with E-state index in [9.17, 15) is 5.11 Å². The van der Waals surface area contributed by atoms with Crippen LogP contribution in [0.3, 0.4) is 0 Å². The molecule has 0 bridgehead atoms. The van der Waals surface area contributed by atoms with Crippen molar-refractivity contribution in [2.75, 3.05) is 19.6 Å². The molecular weight excluding hydrogens is 200 g/mol. The number of hydrogen-bond donors (Lipinski definition) is 3. The average molecular weight is 224 g/mol. The highest BCUT2D eigenvalue weighted by Crippen LogP contribution is 2.48. The minimum atomic E-state index is -0.116. The van der Waals surface area contributed by atoms with Crippen LogP contribution in [-0.2, 0) is 0 Å². The first-order valence-corrected chi connectivity index (χ1v) is 6.95. The van der Waals surface area contributed by atoms with Gasteiger partial charge in [-0.3, -0.25) is 0 Å². The molecule has 1 saturated heterocycles. The molecule has 1 heterocycles. The topological polar surface area (TPSA) is 44.3 Å². The summed E-state index contributed by atoms with van der Waals surface area (Å²) in [6.07, 6.45) is 6.71. The van der Waals surface area contributed by atoms with Crippen molar-refractivity contribution in [3.05, 3.63) is 0 Å². The van der Waals surface area contributed by atoms with Gasteiger partial charge in [-0.25, -0.2) is 0 Å². The summed E-state index contributed by atoms with van der Waals surface area (Å²) in [6.45, 7) is 3.03. The second kappa shape index (κ2) is 4.63. The Balaban J connectivity index is 1.35. The smallest absolute Gasteiger partial charge is 0.0680 e. The monoisotopic (exact) mass is 224 g/mol. The van der Waals surface area contributed by atoms with E-state index in [2.05, 4.69) is 10.6 Å². The first kappa shape index (κ1) is 11.0. The van der Waals surface area contributed by atoms with E-state index in [1.54, 1.807) is 0 Å². The number of aliphatic hydroxyl groups excluding tert-OH is 1. The van der Waals surface area contributed by atoms with Gasteiger partial charge in [0.15, 0.2) is 0 Å². The van der Waals surface area contributed by atoms with Crippen LogP contribution in [0.2, 0.25) is 0 Å². The molecule has 3 rings (SSSR count). The molecule has 0 spiro atoms. The Kier molecular flexibility index (Phi) is 3.18. The highest BCUT2D eigenvalue weighted by Gasteiger charge is 2.40. The summed E-state index contributed by atoms with van der Waals surface area (Å²) in [4.78, 5) is 0. The Morgan fingerprint density at radius 2 is 1.88 bits per heavy atom. The van der Waals surface area contributed by atoms with Crippen LogP contribution in [0.4, 0.5) is 0 Å². The molecule has 92 valence electrons. The lowest BCUT2D eigenvalue weighted by Gasteiger charge is -2.18. The number of β-amino-alcohol motifs (C(OH)–C–C–N with tert-alkyl or cyclic N) is 1. The summed E-state index contributed by atoms with van der Waals surface area (Å²) in [5.41, 5.74) is 0. The summed E-state index contributed by atoms with van der Waals surface area (Å²) >= 11 is 0. The van der Waals surface area contributed by atoms with Crippen molar-refractivity contribution in [1.29, 1.82) is 0 Å². The van der Waals surface area contributed by atoms with Crippen LogP contribution in [0.25, 0.3) is 0 Å². The molecule has 2 atom stereocenters. The molecule has 3 aliphatic rings. The van der Waals surface area contributed by atoms with Gasteiger partial charge in [-0.2, -0.15) is 0 Å². The fraction of sp³-hybridized carbons (Fsp3) is 1.00. The normalized spacial score (nSPS) is 34.9. The maximum Gasteiger partial charge on any atom is 0.0680 e. The third-order valence-electron chi connectivity index (χ3n) is 4.42. The van der Waals surface area contributed by atoms with Gasteiger partial charge >= 0.3 is 0 Å². The molecule has 0 radical (unpaired) electrons. The van der Waals surface area contributed by atoms with E-state index >= 15 is 0 Å². The zero-order valence-electron chi connectivity index (χ0n) is 9.99.